The molecule has 0 bridgehead atoms. The summed E-state index contributed by atoms with van der Waals surface area (Å²) in [6, 6.07) is 10.5. The van der Waals surface area contributed by atoms with Crippen molar-refractivity contribution in [3.05, 3.63) is 76.6 Å². The third-order valence-electron chi connectivity index (χ3n) is 5.20. The third-order valence-corrected chi connectivity index (χ3v) is 5.20. The predicted molar refractivity (Wildman–Crippen MR) is 112 cm³/mol. The van der Waals surface area contributed by atoms with Gasteiger partial charge in [0.1, 0.15) is 11.3 Å². The summed E-state index contributed by atoms with van der Waals surface area (Å²) in [6.07, 6.45) is -4.53. The molecule has 0 saturated heterocycles. The van der Waals surface area contributed by atoms with Gasteiger partial charge in [0.15, 0.2) is 0 Å². The topological polar surface area (TPSA) is 82.8 Å². The van der Waals surface area contributed by atoms with Crippen LogP contribution in [0.1, 0.15) is 39.8 Å². The Morgan fingerprint density at radius 2 is 1.75 bits per heavy atom. The number of aromatic nitrogens is 1. The summed E-state index contributed by atoms with van der Waals surface area (Å²) >= 11 is 0. The minimum absolute atomic E-state index is 0.0372. The molecule has 0 fully saturated rings. The normalized spacial score (nSPS) is 11.4. The molecule has 2 aromatic carbocycles. The first-order valence-electron chi connectivity index (χ1n) is 9.60. The van der Waals surface area contributed by atoms with Gasteiger partial charge in [-0.25, -0.2) is 4.79 Å². The minimum atomic E-state index is -4.53. The van der Waals surface area contributed by atoms with E-state index in [-0.39, 0.29) is 17.8 Å². The van der Waals surface area contributed by atoms with Crippen molar-refractivity contribution in [1.82, 2.24) is 4.57 Å². The van der Waals surface area contributed by atoms with E-state index in [1.165, 1.54) is 36.1 Å². The van der Waals surface area contributed by atoms with Crippen LogP contribution in [0.5, 0.6) is 5.75 Å². The number of benzene rings is 2. The SMILES string of the molecule is CC(=O)N(Cc1cc(C)n(-c2ccc(C(=O)O)c(O)c2)c1C)c1cccc(C(F)(F)F)c1. The molecule has 0 aliphatic heterocycles. The zero-order valence-corrected chi connectivity index (χ0v) is 17.6. The fraction of sp³-hybridized carbons (Fsp3) is 0.217. The van der Waals surface area contributed by atoms with Crippen LogP contribution in [0.4, 0.5) is 18.9 Å². The molecule has 3 aromatic rings. The second-order valence-electron chi connectivity index (χ2n) is 7.39. The van der Waals surface area contributed by atoms with Crippen molar-refractivity contribution in [2.24, 2.45) is 0 Å². The Morgan fingerprint density at radius 1 is 1.06 bits per heavy atom. The van der Waals surface area contributed by atoms with E-state index < -0.39 is 29.4 Å². The number of alkyl halides is 3. The average Bonchev–Trinajstić information content (AvgIpc) is 2.98. The number of halogens is 3. The van der Waals surface area contributed by atoms with Gasteiger partial charge in [-0.2, -0.15) is 13.2 Å². The number of carbonyl (C=O) groups excluding carboxylic acids is 1. The van der Waals surface area contributed by atoms with E-state index in [1.54, 1.807) is 30.5 Å². The van der Waals surface area contributed by atoms with E-state index in [0.29, 0.717) is 16.9 Å². The van der Waals surface area contributed by atoms with Crippen LogP contribution >= 0.6 is 0 Å². The summed E-state index contributed by atoms with van der Waals surface area (Å²) in [7, 11) is 0. The number of nitrogens with zero attached hydrogens (tertiary/aromatic N) is 2. The molecular formula is C23H21F3N2O4. The molecule has 0 aliphatic carbocycles. The number of aryl methyl sites for hydroxylation is 1. The molecule has 0 radical (unpaired) electrons. The van der Waals surface area contributed by atoms with E-state index in [0.717, 1.165) is 17.8 Å². The molecule has 3 rings (SSSR count). The zero-order valence-electron chi connectivity index (χ0n) is 17.6. The average molecular weight is 446 g/mol. The lowest BCUT2D eigenvalue weighted by molar-refractivity contribution is -0.137. The number of hydrogen-bond donors (Lipinski definition) is 2. The fourth-order valence-electron chi connectivity index (χ4n) is 3.63. The number of anilines is 1. The quantitative estimate of drug-likeness (QED) is 0.573. The lowest BCUT2D eigenvalue weighted by atomic mass is 10.1. The highest BCUT2D eigenvalue weighted by molar-refractivity contribution is 5.92. The zero-order chi connectivity index (χ0) is 23.8. The van der Waals surface area contributed by atoms with Crippen molar-refractivity contribution in [1.29, 1.82) is 0 Å². The van der Waals surface area contributed by atoms with E-state index in [2.05, 4.69) is 0 Å². The van der Waals surface area contributed by atoms with Crippen molar-refractivity contribution in [3.8, 4) is 11.4 Å². The van der Waals surface area contributed by atoms with Gasteiger partial charge in [-0.3, -0.25) is 4.79 Å². The summed E-state index contributed by atoms with van der Waals surface area (Å²) in [5.41, 5.74) is 1.69. The van der Waals surface area contributed by atoms with Crippen LogP contribution in [0, 0.1) is 13.8 Å². The van der Waals surface area contributed by atoms with Gasteiger partial charge >= 0.3 is 12.1 Å². The minimum Gasteiger partial charge on any atom is -0.507 e. The molecule has 0 atom stereocenters. The van der Waals surface area contributed by atoms with Gasteiger partial charge in [0.25, 0.3) is 0 Å². The maximum absolute atomic E-state index is 13.1. The first-order valence-corrected chi connectivity index (χ1v) is 9.60. The van der Waals surface area contributed by atoms with Crippen molar-refractivity contribution < 1.29 is 33.0 Å². The highest BCUT2D eigenvalue weighted by atomic mass is 19.4. The molecule has 1 heterocycles. The molecule has 6 nitrogen and oxygen atoms in total. The summed E-state index contributed by atoms with van der Waals surface area (Å²) in [4.78, 5) is 24.7. The van der Waals surface area contributed by atoms with Gasteiger partial charge in [0.05, 0.1) is 12.1 Å². The fourth-order valence-corrected chi connectivity index (χ4v) is 3.63. The van der Waals surface area contributed by atoms with Crippen molar-refractivity contribution in [3.63, 3.8) is 0 Å². The Labute approximate surface area is 182 Å². The summed E-state index contributed by atoms with van der Waals surface area (Å²) in [6.45, 7) is 4.88. The second-order valence-corrected chi connectivity index (χ2v) is 7.39. The standard InChI is InChI=1S/C23H21F3N2O4/c1-13-9-16(14(2)28(13)19-7-8-20(22(31)32)21(30)11-19)12-27(15(3)29)18-6-4-5-17(10-18)23(24,25)26/h4-11,30H,12H2,1-3H3,(H,31,32). The molecule has 0 aliphatic rings. The van der Waals surface area contributed by atoms with E-state index in [4.69, 9.17) is 5.11 Å². The Hall–Kier alpha value is -3.75. The number of phenols is 1. The Morgan fingerprint density at radius 3 is 2.31 bits per heavy atom. The lowest BCUT2D eigenvalue weighted by Gasteiger charge is -2.22. The van der Waals surface area contributed by atoms with Gasteiger partial charge in [-0.05, 0) is 55.8 Å². The smallest absolute Gasteiger partial charge is 0.416 e. The van der Waals surface area contributed by atoms with Crippen LogP contribution in [0.2, 0.25) is 0 Å². The van der Waals surface area contributed by atoms with E-state index in [9.17, 15) is 27.9 Å². The van der Waals surface area contributed by atoms with Crippen LogP contribution < -0.4 is 4.90 Å². The number of carboxylic acid groups (broad SMARTS) is 1. The molecule has 1 amide bonds. The third kappa shape index (κ3) is 4.46. The number of amides is 1. The van der Waals surface area contributed by atoms with Gasteiger partial charge in [0, 0.05) is 35.8 Å². The molecule has 168 valence electrons. The van der Waals surface area contributed by atoms with Crippen LogP contribution in [0.3, 0.4) is 0 Å². The molecule has 32 heavy (non-hydrogen) atoms. The number of aromatic carboxylic acids is 1. The van der Waals surface area contributed by atoms with Crippen molar-refractivity contribution in [2.45, 2.75) is 33.5 Å². The predicted octanol–water partition coefficient (Wildman–Crippen LogP) is 5.07. The van der Waals surface area contributed by atoms with Gasteiger partial charge in [-0.15, -0.1) is 0 Å². The monoisotopic (exact) mass is 446 g/mol. The first kappa shape index (κ1) is 22.9. The van der Waals surface area contributed by atoms with Crippen LogP contribution in [0.15, 0.2) is 48.5 Å². The van der Waals surface area contributed by atoms with Crippen molar-refractivity contribution in [2.75, 3.05) is 4.90 Å². The number of aromatic hydroxyl groups is 1. The molecule has 0 unspecified atom stereocenters. The number of carbonyl (C=O) groups is 2. The van der Waals surface area contributed by atoms with Crippen LogP contribution in [-0.4, -0.2) is 26.7 Å². The molecule has 0 spiro atoms. The highest BCUT2D eigenvalue weighted by Crippen LogP contribution is 2.33. The summed E-state index contributed by atoms with van der Waals surface area (Å²) in [5, 5.41) is 19.1. The maximum atomic E-state index is 13.1. The number of carboxylic acids is 1. The van der Waals surface area contributed by atoms with Gasteiger partial charge in [-0.1, -0.05) is 6.07 Å². The lowest BCUT2D eigenvalue weighted by Crippen LogP contribution is -2.28. The van der Waals surface area contributed by atoms with Gasteiger partial charge < -0.3 is 19.7 Å². The van der Waals surface area contributed by atoms with Crippen molar-refractivity contribution >= 4 is 17.6 Å². The van der Waals surface area contributed by atoms with Crippen LogP contribution in [0.25, 0.3) is 5.69 Å². The van der Waals surface area contributed by atoms with Crippen LogP contribution in [-0.2, 0) is 17.5 Å². The summed E-state index contributed by atoms with van der Waals surface area (Å²) < 4.78 is 41.1. The Bertz CT molecular complexity index is 1200. The molecular weight excluding hydrogens is 425 g/mol. The highest BCUT2D eigenvalue weighted by Gasteiger charge is 2.31. The van der Waals surface area contributed by atoms with E-state index in [1.807, 2.05) is 0 Å². The molecule has 9 heteroatoms. The molecule has 0 saturated carbocycles. The second kappa shape index (κ2) is 8.41. The van der Waals surface area contributed by atoms with Gasteiger partial charge in [0.2, 0.25) is 5.91 Å². The Kier molecular flexibility index (Phi) is 6.03. The maximum Gasteiger partial charge on any atom is 0.416 e. The molecule has 2 N–H and O–H groups in total. The summed E-state index contributed by atoms with van der Waals surface area (Å²) in [5.74, 6) is -2.06. The largest absolute Gasteiger partial charge is 0.507 e. The first-order chi connectivity index (χ1) is 14.9. The number of hydrogen-bond acceptors (Lipinski definition) is 3. The number of rotatable bonds is 5. The Balaban J connectivity index is 2.00. The van der Waals surface area contributed by atoms with E-state index >= 15 is 0 Å². The molecule has 1 aromatic heterocycles.